The SMILES string of the molecule is CN1C(=O)C(c2ccccc2)(c2cccc(-c3cccc(C(=O)OC(=O)C(F)(F)F)c3)c2)N=C1N. The zero-order valence-corrected chi connectivity index (χ0v) is 18.2. The summed E-state index contributed by atoms with van der Waals surface area (Å²) in [6, 6.07) is 21.2. The van der Waals surface area contributed by atoms with Gasteiger partial charge in [-0.2, -0.15) is 13.2 Å². The van der Waals surface area contributed by atoms with Crippen LogP contribution in [-0.4, -0.2) is 41.9 Å². The Morgan fingerprint density at radius 3 is 2.11 bits per heavy atom. The van der Waals surface area contributed by atoms with E-state index in [1.165, 1.54) is 30.1 Å². The Morgan fingerprint density at radius 1 is 0.914 bits per heavy atom. The fourth-order valence-corrected chi connectivity index (χ4v) is 3.81. The number of halogens is 3. The molecular weight excluding hydrogens is 463 g/mol. The highest BCUT2D eigenvalue weighted by atomic mass is 19.4. The third kappa shape index (κ3) is 4.25. The minimum Gasteiger partial charge on any atom is -0.383 e. The van der Waals surface area contributed by atoms with E-state index >= 15 is 0 Å². The molecule has 7 nitrogen and oxygen atoms in total. The number of ether oxygens (including phenoxy) is 1. The van der Waals surface area contributed by atoms with Gasteiger partial charge in [-0.15, -0.1) is 0 Å². The van der Waals surface area contributed by atoms with E-state index < -0.39 is 23.7 Å². The number of esters is 2. The van der Waals surface area contributed by atoms with Crippen molar-refractivity contribution in [3.05, 3.63) is 95.6 Å². The molecule has 178 valence electrons. The van der Waals surface area contributed by atoms with Crippen LogP contribution in [0.15, 0.2) is 83.9 Å². The number of rotatable bonds is 4. The van der Waals surface area contributed by atoms with Crippen LogP contribution in [0, 0.1) is 0 Å². The van der Waals surface area contributed by atoms with E-state index in [2.05, 4.69) is 9.73 Å². The predicted molar refractivity (Wildman–Crippen MR) is 120 cm³/mol. The van der Waals surface area contributed by atoms with Gasteiger partial charge in [-0.05, 0) is 40.5 Å². The quantitative estimate of drug-likeness (QED) is 0.453. The molecule has 0 saturated heterocycles. The first-order chi connectivity index (χ1) is 16.5. The molecule has 1 unspecified atom stereocenters. The van der Waals surface area contributed by atoms with Crippen LogP contribution < -0.4 is 5.73 Å². The number of likely N-dealkylation sites (N-methyl/N-ethyl adjacent to an activating group) is 1. The van der Waals surface area contributed by atoms with Crippen LogP contribution in [0.5, 0.6) is 0 Å². The lowest BCUT2D eigenvalue weighted by atomic mass is 9.81. The molecule has 1 aliphatic rings. The lowest BCUT2D eigenvalue weighted by Crippen LogP contribution is -2.41. The summed E-state index contributed by atoms with van der Waals surface area (Å²) < 4.78 is 41.3. The second-order valence-electron chi connectivity index (χ2n) is 7.75. The molecule has 2 N–H and O–H groups in total. The summed E-state index contributed by atoms with van der Waals surface area (Å²) in [5.41, 5.74) is 6.39. The van der Waals surface area contributed by atoms with Gasteiger partial charge in [0.15, 0.2) is 11.5 Å². The number of nitrogens with zero attached hydrogens (tertiary/aromatic N) is 2. The Hall–Kier alpha value is -4.47. The van der Waals surface area contributed by atoms with Gasteiger partial charge < -0.3 is 10.5 Å². The number of nitrogens with two attached hydrogens (primary N) is 1. The zero-order valence-electron chi connectivity index (χ0n) is 18.2. The third-order valence-electron chi connectivity index (χ3n) is 5.56. The van der Waals surface area contributed by atoms with Crippen LogP contribution in [0.25, 0.3) is 11.1 Å². The highest BCUT2D eigenvalue weighted by Gasteiger charge is 2.49. The standard InChI is InChI=1S/C25H18F3N3O4/c1-31-21(33)24(30-23(31)29,18-10-3-2-4-11-18)19-12-6-8-16(14-19)15-7-5-9-17(13-15)20(32)35-22(34)25(26,27)28/h2-14H,1H3,(H2,29,30). The van der Waals surface area contributed by atoms with Crippen molar-refractivity contribution in [2.24, 2.45) is 10.7 Å². The van der Waals surface area contributed by atoms with Crippen molar-refractivity contribution in [2.75, 3.05) is 7.05 Å². The van der Waals surface area contributed by atoms with Crippen molar-refractivity contribution in [3.63, 3.8) is 0 Å². The fourth-order valence-electron chi connectivity index (χ4n) is 3.81. The van der Waals surface area contributed by atoms with E-state index in [9.17, 15) is 27.6 Å². The predicted octanol–water partition coefficient (Wildman–Crippen LogP) is 3.63. The van der Waals surface area contributed by atoms with Gasteiger partial charge in [0, 0.05) is 7.05 Å². The maximum Gasteiger partial charge on any atom is 0.491 e. The molecule has 0 aliphatic carbocycles. The molecule has 1 atom stereocenters. The van der Waals surface area contributed by atoms with Gasteiger partial charge in [-0.25, -0.2) is 14.6 Å². The molecule has 0 aromatic heterocycles. The average molecular weight is 481 g/mol. The monoisotopic (exact) mass is 481 g/mol. The summed E-state index contributed by atoms with van der Waals surface area (Å²) in [5.74, 6) is -4.35. The molecular formula is C25H18F3N3O4. The summed E-state index contributed by atoms with van der Waals surface area (Å²) in [4.78, 5) is 42.2. The maximum atomic E-state index is 13.4. The highest BCUT2D eigenvalue weighted by molar-refractivity contribution is 6.09. The molecule has 1 amide bonds. The third-order valence-corrected chi connectivity index (χ3v) is 5.56. The maximum absolute atomic E-state index is 13.4. The summed E-state index contributed by atoms with van der Waals surface area (Å²) in [6.07, 6.45) is -5.29. The summed E-state index contributed by atoms with van der Waals surface area (Å²) >= 11 is 0. The Bertz CT molecular complexity index is 1360. The minimum absolute atomic E-state index is 0.0448. The van der Waals surface area contributed by atoms with E-state index in [1.807, 2.05) is 0 Å². The van der Waals surface area contributed by atoms with Gasteiger partial charge >= 0.3 is 18.1 Å². The van der Waals surface area contributed by atoms with Gasteiger partial charge in [0.25, 0.3) is 5.91 Å². The Balaban J connectivity index is 1.76. The van der Waals surface area contributed by atoms with Crippen molar-refractivity contribution < 1.29 is 32.3 Å². The van der Waals surface area contributed by atoms with Crippen molar-refractivity contribution in [2.45, 2.75) is 11.7 Å². The zero-order chi connectivity index (χ0) is 25.4. The van der Waals surface area contributed by atoms with Crippen LogP contribution >= 0.6 is 0 Å². The number of carbonyl (C=O) groups excluding carboxylic acids is 3. The van der Waals surface area contributed by atoms with E-state index in [0.29, 0.717) is 22.3 Å². The Labute approximate surface area is 197 Å². The molecule has 4 rings (SSSR count). The average Bonchev–Trinajstić information content (AvgIpc) is 3.09. The first kappa shape index (κ1) is 23.7. The molecule has 3 aromatic rings. The number of hydrogen-bond acceptors (Lipinski definition) is 6. The van der Waals surface area contributed by atoms with Crippen molar-refractivity contribution in [3.8, 4) is 11.1 Å². The molecule has 35 heavy (non-hydrogen) atoms. The van der Waals surface area contributed by atoms with Crippen LogP contribution in [0.1, 0.15) is 21.5 Å². The highest BCUT2D eigenvalue weighted by Crippen LogP contribution is 2.40. The van der Waals surface area contributed by atoms with E-state index in [0.717, 1.165) is 0 Å². The smallest absolute Gasteiger partial charge is 0.383 e. The number of hydrogen-bond donors (Lipinski definition) is 1. The largest absolute Gasteiger partial charge is 0.491 e. The van der Waals surface area contributed by atoms with Gasteiger partial charge in [0.05, 0.1) is 5.56 Å². The van der Waals surface area contributed by atoms with Crippen LogP contribution in [0.3, 0.4) is 0 Å². The first-order valence-electron chi connectivity index (χ1n) is 10.3. The molecule has 0 bridgehead atoms. The summed E-state index contributed by atoms with van der Waals surface area (Å²) in [7, 11) is 1.52. The van der Waals surface area contributed by atoms with Crippen LogP contribution in [0.2, 0.25) is 0 Å². The van der Waals surface area contributed by atoms with Gasteiger partial charge in [-0.1, -0.05) is 60.7 Å². The molecule has 1 aliphatic heterocycles. The second-order valence-corrected chi connectivity index (χ2v) is 7.75. The first-order valence-corrected chi connectivity index (χ1v) is 10.3. The number of guanidine groups is 1. The molecule has 0 saturated carbocycles. The summed E-state index contributed by atoms with van der Waals surface area (Å²) in [6.45, 7) is 0. The van der Waals surface area contributed by atoms with Gasteiger partial charge in [0.1, 0.15) is 0 Å². The summed E-state index contributed by atoms with van der Waals surface area (Å²) in [5, 5.41) is 0. The van der Waals surface area contributed by atoms with Crippen LogP contribution in [0.4, 0.5) is 13.2 Å². The Kier molecular flexibility index (Phi) is 5.89. The van der Waals surface area contributed by atoms with Crippen molar-refractivity contribution in [1.29, 1.82) is 0 Å². The normalized spacial score (nSPS) is 17.8. The van der Waals surface area contributed by atoms with Gasteiger partial charge in [-0.3, -0.25) is 9.69 Å². The number of benzene rings is 3. The lowest BCUT2D eigenvalue weighted by molar-refractivity contribution is -0.193. The second kappa shape index (κ2) is 8.71. The van der Waals surface area contributed by atoms with E-state index in [4.69, 9.17) is 5.73 Å². The minimum atomic E-state index is -5.29. The van der Waals surface area contributed by atoms with Crippen molar-refractivity contribution in [1.82, 2.24) is 4.90 Å². The Morgan fingerprint density at radius 2 is 1.51 bits per heavy atom. The fraction of sp³-hybridized carbons (Fsp3) is 0.120. The van der Waals surface area contributed by atoms with Gasteiger partial charge in [0.2, 0.25) is 0 Å². The molecule has 10 heteroatoms. The number of carbonyl (C=O) groups is 3. The number of amides is 1. The molecule has 0 spiro atoms. The molecule has 3 aromatic carbocycles. The van der Waals surface area contributed by atoms with E-state index in [-0.39, 0.29) is 17.4 Å². The molecule has 1 heterocycles. The van der Waals surface area contributed by atoms with Crippen LogP contribution in [-0.2, 0) is 19.9 Å². The number of alkyl halides is 3. The molecule has 0 radical (unpaired) electrons. The van der Waals surface area contributed by atoms with E-state index in [1.54, 1.807) is 60.7 Å². The number of aliphatic imine (C=N–C) groups is 1. The van der Waals surface area contributed by atoms with Crippen molar-refractivity contribution >= 4 is 23.8 Å². The topological polar surface area (TPSA) is 102 Å². The molecule has 0 fully saturated rings. The lowest BCUT2D eigenvalue weighted by Gasteiger charge is -2.26.